The standard InChI is InChI=1S/C23H16N2O4S2/c1-2-13-7-10-17-18(11-13)30-23(24-17)25-22(27)14-8-9-16-20(12-14)31(28,29)19-6-4-3-5-15(19)21(16)26/h3-12H,2H2,1H3,(H,24,25,27). The highest BCUT2D eigenvalue weighted by molar-refractivity contribution is 7.91. The van der Waals surface area contributed by atoms with E-state index in [0.717, 1.165) is 16.6 Å². The minimum atomic E-state index is -3.91. The van der Waals surface area contributed by atoms with Crippen molar-refractivity contribution in [2.45, 2.75) is 23.1 Å². The molecule has 4 aromatic rings. The van der Waals surface area contributed by atoms with Crippen molar-refractivity contribution < 1.29 is 18.0 Å². The molecule has 0 atom stereocenters. The zero-order valence-corrected chi connectivity index (χ0v) is 18.0. The number of thiazole rings is 1. The van der Waals surface area contributed by atoms with Gasteiger partial charge in [0, 0.05) is 16.7 Å². The van der Waals surface area contributed by atoms with Crippen molar-refractivity contribution in [1.82, 2.24) is 4.98 Å². The summed E-state index contributed by atoms with van der Waals surface area (Å²) in [5.41, 5.74) is 2.32. The number of hydrogen-bond donors (Lipinski definition) is 1. The largest absolute Gasteiger partial charge is 0.298 e. The quantitative estimate of drug-likeness (QED) is 0.439. The number of aryl methyl sites for hydroxylation is 1. The molecule has 2 heterocycles. The second kappa shape index (κ2) is 7.11. The molecule has 6 nitrogen and oxygen atoms in total. The normalized spacial score (nSPS) is 14.2. The molecule has 0 saturated carbocycles. The molecule has 0 bridgehead atoms. The predicted molar refractivity (Wildman–Crippen MR) is 119 cm³/mol. The number of ketones is 1. The van der Waals surface area contributed by atoms with Crippen LogP contribution in [0, 0.1) is 0 Å². The van der Waals surface area contributed by atoms with Crippen LogP contribution in [0.3, 0.4) is 0 Å². The van der Waals surface area contributed by atoms with Crippen LogP contribution in [0.2, 0.25) is 0 Å². The number of fused-ring (bicyclic) bond motifs is 3. The second-order valence-corrected chi connectivity index (χ2v) is 10.1. The van der Waals surface area contributed by atoms with Gasteiger partial charge in [-0.2, -0.15) is 0 Å². The molecule has 154 valence electrons. The minimum absolute atomic E-state index is 0.0389. The fraction of sp³-hybridized carbons (Fsp3) is 0.0870. The highest BCUT2D eigenvalue weighted by Crippen LogP contribution is 2.35. The number of nitrogens with zero attached hydrogens (tertiary/aromatic N) is 1. The lowest BCUT2D eigenvalue weighted by molar-refractivity contribution is 0.101. The van der Waals surface area contributed by atoms with Gasteiger partial charge in [-0.3, -0.25) is 14.9 Å². The Bertz CT molecular complexity index is 1500. The van der Waals surface area contributed by atoms with Crippen LogP contribution < -0.4 is 5.32 Å². The third kappa shape index (κ3) is 3.15. The van der Waals surface area contributed by atoms with E-state index in [1.165, 1.54) is 47.2 Å². The maximum Gasteiger partial charge on any atom is 0.257 e. The summed E-state index contributed by atoms with van der Waals surface area (Å²) in [6, 6.07) is 16.2. The molecule has 0 unspecified atom stereocenters. The van der Waals surface area contributed by atoms with Crippen molar-refractivity contribution in [2.75, 3.05) is 5.32 Å². The second-order valence-electron chi connectivity index (χ2n) is 7.17. The summed E-state index contributed by atoms with van der Waals surface area (Å²) in [4.78, 5) is 29.8. The number of aromatic nitrogens is 1. The van der Waals surface area contributed by atoms with Gasteiger partial charge in [0.15, 0.2) is 10.9 Å². The molecule has 3 aromatic carbocycles. The van der Waals surface area contributed by atoms with Crippen LogP contribution in [0.25, 0.3) is 10.2 Å². The van der Waals surface area contributed by atoms with Crippen LogP contribution in [0.15, 0.2) is 70.5 Å². The molecule has 1 aliphatic rings. The van der Waals surface area contributed by atoms with Crippen molar-refractivity contribution in [3.05, 3.63) is 82.9 Å². The Morgan fingerprint density at radius 2 is 1.77 bits per heavy atom. The molecule has 5 rings (SSSR count). The lowest BCUT2D eigenvalue weighted by Gasteiger charge is -2.19. The number of anilines is 1. The summed E-state index contributed by atoms with van der Waals surface area (Å²) in [7, 11) is -3.91. The Kier molecular flexibility index (Phi) is 4.49. The van der Waals surface area contributed by atoms with Gasteiger partial charge in [-0.1, -0.05) is 36.5 Å². The van der Waals surface area contributed by atoms with Gasteiger partial charge < -0.3 is 0 Å². The Morgan fingerprint density at radius 3 is 2.58 bits per heavy atom. The smallest absolute Gasteiger partial charge is 0.257 e. The molecule has 1 amide bonds. The minimum Gasteiger partial charge on any atom is -0.298 e. The van der Waals surface area contributed by atoms with Crippen molar-refractivity contribution in [2.24, 2.45) is 0 Å². The monoisotopic (exact) mass is 448 g/mol. The molecule has 1 aliphatic heterocycles. The summed E-state index contributed by atoms with van der Waals surface area (Å²) in [5, 5.41) is 3.16. The molecule has 0 spiro atoms. The van der Waals surface area contributed by atoms with Crippen molar-refractivity contribution in [3.63, 3.8) is 0 Å². The van der Waals surface area contributed by atoms with E-state index in [2.05, 4.69) is 17.2 Å². The van der Waals surface area contributed by atoms with E-state index >= 15 is 0 Å². The van der Waals surface area contributed by atoms with Gasteiger partial charge >= 0.3 is 0 Å². The third-order valence-corrected chi connectivity index (χ3v) is 8.07. The van der Waals surface area contributed by atoms with Crippen LogP contribution in [0.1, 0.15) is 38.8 Å². The molecular weight excluding hydrogens is 432 g/mol. The molecule has 8 heteroatoms. The third-order valence-electron chi connectivity index (χ3n) is 5.28. The van der Waals surface area contributed by atoms with Crippen LogP contribution in [0.4, 0.5) is 5.13 Å². The van der Waals surface area contributed by atoms with Crippen LogP contribution >= 0.6 is 11.3 Å². The van der Waals surface area contributed by atoms with Gasteiger partial charge in [0.25, 0.3) is 5.91 Å². The van der Waals surface area contributed by atoms with E-state index in [9.17, 15) is 18.0 Å². The Balaban J connectivity index is 1.50. The molecule has 31 heavy (non-hydrogen) atoms. The van der Waals surface area contributed by atoms with Crippen molar-refractivity contribution in [3.8, 4) is 0 Å². The first-order chi connectivity index (χ1) is 14.9. The van der Waals surface area contributed by atoms with E-state index in [4.69, 9.17) is 0 Å². The first kappa shape index (κ1) is 19.6. The first-order valence-electron chi connectivity index (χ1n) is 9.62. The van der Waals surface area contributed by atoms with E-state index in [1.807, 2.05) is 18.2 Å². The number of sulfone groups is 1. The Labute approximate surface area is 182 Å². The Hall–Kier alpha value is -3.36. The first-order valence-corrected chi connectivity index (χ1v) is 11.9. The van der Waals surface area contributed by atoms with Gasteiger partial charge in [0.05, 0.1) is 20.0 Å². The predicted octanol–water partition coefficient (Wildman–Crippen LogP) is 4.49. The summed E-state index contributed by atoms with van der Waals surface area (Å²) < 4.78 is 27.1. The van der Waals surface area contributed by atoms with Crippen molar-refractivity contribution in [1.29, 1.82) is 0 Å². The number of carbonyl (C=O) groups is 2. The molecule has 0 radical (unpaired) electrons. The fourth-order valence-electron chi connectivity index (χ4n) is 3.64. The molecule has 0 saturated heterocycles. The number of benzene rings is 3. The van der Waals surface area contributed by atoms with E-state index in [0.29, 0.717) is 5.13 Å². The van der Waals surface area contributed by atoms with Crippen LogP contribution in [0.5, 0.6) is 0 Å². The number of rotatable bonds is 3. The van der Waals surface area contributed by atoms with Gasteiger partial charge in [0.1, 0.15) is 0 Å². The number of carbonyl (C=O) groups excluding carboxylic acids is 2. The van der Waals surface area contributed by atoms with E-state index < -0.39 is 15.7 Å². The summed E-state index contributed by atoms with van der Waals surface area (Å²) in [6.45, 7) is 2.07. The van der Waals surface area contributed by atoms with Gasteiger partial charge in [0.2, 0.25) is 9.84 Å². The zero-order valence-electron chi connectivity index (χ0n) is 16.4. The van der Waals surface area contributed by atoms with E-state index in [-0.39, 0.29) is 32.3 Å². The van der Waals surface area contributed by atoms with Crippen molar-refractivity contribution >= 4 is 48.2 Å². The lowest BCUT2D eigenvalue weighted by Crippen LogP contribution is -2.21. The average molecular weight is 449 g/mol. The number of hydrogen-bond acceptors (Lipinski definition) is 6. The fourth-order valence-corrected chi connectivity index (χ4v) is 6.24. The van der Waals surface area contributed by atoms with Gasteiger partial charge in [-0.25, -0.2) is 13.4 Å². The van der Waals surface area contributed by atoms with Crippen LogP contribution in [-0.2, 0) is 16.3 Å². The highest BCUT2D eigenvalue weighted by Gasteiger charge is 2.35. The molecule has 1 aromatic heterocycles. The number of nitrogens with one attached hydrogen (secondary N) is 1. The van der Waals surface area contributed by atoms with Gasteiger partial charge in [-0.15, -0.1) is 0 Å². The van der Waals surface area contributed by atoms with Crippen LogP contribution in [-0.4, -0.2) is 25.1 Å². The number of amides is 1. The van der Waals surface area contributed by atoms with Gasteiger partial charge in [-0.05, 0) is 54.4 Å². The molecule has 0 aliphatic carbocycles. The topological polar surface area (TPSA) is 93.2 Å². The zero-order chi connectivity index (χ0) is 21.8. The SMILES string of the molecule is CCc1ccc2nc(NC(=O)c3ccc4c(c3)S(=O)(=O)c3ccccc3C4=O)sc2c1. The maximum absolute atomic E-state index is 13.1. The highest BCUT2D eigenvalue weighted by atomic mass is 32.2. The maximum atomic E-state index is 13.1. The summed E-state index contributed by atoms with van der Waals surface area (Å²) >= 11 is 1.35. The Morgan fingerprint density at radius 1 is 1.00 bits per heavy atom. The summed E-state index contributed by atoms with van der Waals surface area (Å²) in [5.74, 6) is -0.857. The average Bonchev–Trinajstić information content (AvgIpc) is 3.18. The summed E-state index contributed by atoms with van der Waals surface area (Å²) in [6.07, 6.45) is 0.904. The lowest BCUT2D eigenvalue weighted by atomic mass is 10.0. The molecular formula is C23H16N2O4S2. The molecule has 0 fully saturated rings. The van der Waals surface area contributed by atoms with E-state index in [1.54, 1.807) is 12.1 Å². The molecule has 1 N–H and O–H groups in total.